The van der Waals surface area contributed by atoms with Crippen LogP contribution in [0.5, 0.6) is 0 Å². The van der Waals surface area contributed by atoms with Gasteiger partial charge in [0.2, 0.25) is 0 Å². The topological polar surface area (TPSA) is 85.0 Å². The number of aryl methyl sites for hydroxylation is 2. The van der Waals surface area contributed by atoms with Gasteiger partial charge in [0, 0.05) is 52.0 Å². The highest BCUT2D eigenvalue weighted by Crippen LogP contribution is 1.94. The summed E-state index contributed by atoms with van der Waals surface area (Å²) in [6.45, 7) is 5.50. The Morgan fingerprint density at radius 3 is 2.82 bits per heavy atom. The molecule has 0 amide bonds. The van der Waals surface area contributed by atoms with Gasteiger partial charge in [-0.1, -0.05) is 6.92 Å². The Hall–Kier alpha value is -2.38. The monoisotopic (exact) mass is 304 g/mol. The van der Waals surface area contributed by atoms with Gasteiger partial charge >= 0.3 is 0 Å². The van der Waals surface area contributed by atoms with Crippen LogP contribution in [-0.2, 0) is 19.5 Å². The van der Waals surface area contributed by atoms with E-state index in [1.54, 1.807) is 19.6 Å². The van der Waals surface area contributed by atoms with Crippen molar-refractivity contribution in [3.05, 3.63) is 30.9 Å². The van der Waals surface area contributed by atoms with Crippen LogP contribution in [0, 0.1) is 0 Å². The van der Waals surface area contributed by atoms with Crippen molar-refractivity contribution >= 4 is 5.96 Å². The highest BCUT2D eigenvalue weighted by molar-refractivity contribution is 5.79. The maximum Gasteiger partial charge on any atom is 0.191 e. The predicted molar refractivity (Wildman–Crippen MR) is 85.6 cm³/mol. The molecule has 0 fully saturated rings. The lowest BCUT2D eigenvalue weighted by Crippen LogP contribution is -2.39. The maximum absolute atomic E-state index is 4.22. The van der Waals surface area contributed by atoms with Gasteiger partial charge in [0.1, 0.15) is 12.2 Å². The second kappa shape index (κ2) is 8.81. The zero-order chi connectivity index (χ0) is 15.6. The fourth-order valence-electron chi connectivity index (χ4n) is 2.14. The molecule has 0 unspecified atom stereocenters. The summed E-state index contributed by atoms with van der Waals surface area (Å²) in [7, 11) is 1.78. The van der Waals surface area contributed by atoms with E-state index in [-0.39, 0.29) is 0 Å². The van der Waals surface area contributed by atoms with Crippen LogP contribution in [-0.4, -0.2) is 50.4 Å². The number of rotatable bonds is 8. The molecule has 2 N–H and O–H groups in total. The molecule has 0 aliphatic heterocycles. The molecule has 0 aromatic carbocycles. The van der Waals surface area contributed by atoms with Gasteiger partial charge in [-0.15, -0.1) is 10.2 Å². The van der Waals surface area contributed by atoms with Crippen molar-refractivity contribution in [2.24, 2.45) is 4.99 Å². The minimum atomic E-state index is 0.784. The molecule has 120 valence electrons. The van der Waals surface area contributed by atoms with Crippen LogP contribution < -0.4 is 10.6 Å². The van der Waals surface area contributed by atoms with Gasteiger partial charge in [0.25, 0.3) is 0 Å². The highest BCUT2D eigenvalue weighted by Gasteiger charge is 2.02. The van der Waals surface area contributed by atoms with Crippen LogP contribution in [0.15, 0.2) is 30.0 Å². The van der Waals surface area contributed by atoms with Crippen LogP contribution in [0.1, 0.15) is 19.2 Å². The first kappa shape index (κ1) is 16.0. The molecule has 0 saturated heterocycles. The van der Waals surface area contributed by atoms with Gasteiger partial charge < -0.3 is 19.8 Å². The summed E-state index contributed by atoms with van der Waals surface area (Å²) in [4.78, 5) is 8.24. The third-order valence-electron chi connectivity index (χ3n) is 3.33. The lowest BCUT2D eigenvalue weighted by Gasteiger charge is -2.12. The molecule has 2 rings (SSSR count). The van der Waals surface area contributed by atoms with Crippen molar-refractivity contribution in [2.75, 3.05) is 20.1 Å². The molecular weight excluding hydrogens is 280 g/mol. The molecule has 2 aromatic rings. The van der Waals surface area contributed by atoms with Crippen molar-refractivity contribution in [1.82, 2.24) is 34.9 Å². The first-order chi connectivity index (χ1) is 10.8. The van der Waals surface area contributed by atoms with Crippen molar-refractivity contribution in [1.29, 1.82) is 0 Å². The molecule has 0 aliphatic carbocycles. The maximum atomic E-state index is 4.22. The van der Waals surface area contributed by atoms with E-state index in [1.807, 2.05) is 12.5 Å². The fraction of sp³-hybridized carbons (Fsp3) is 0.571. The molecule has 0 radical (unpaired) electrons. The summed E-state index contributed by atoms with van der Waals surface area (Å²) in [5.74, 6) is 1.82. The van der Waals surface area contributed by atoms with E-state index in [1.165, 1.54) is 0 Å². The van der Waals surface area contributed by atoms with Crippen molar-refractivity contribution < 1.29 is 0 Å². The Balaban J connectivity index is 1.63. The summed E-state index contributed by atoms with van der Waals surface area (Å²) in [5.41, 5.74) is 0. The Labute approximate surface area is 130 Å². The minimum Gasteiger partial charge on any atom is -0.356 e. The summed E-state index contributed by atoms with van der Waals surface area (Å²) in [6.07, 6.45) is 9.27. The molecule has 0 aliphatic rings. The van der Waals surface area contributed by atoms with Crippen LogP contribution in [0.2, 0.25) is 0 Å². The van der Waals surface area contributed by atoms with Crippen molar-refractivity contribution in [3.8, 4) is 0 Å². The Kier molecular flexibility index (Phi) is 6.40. The number of hydrogen-bond acceptors (Lipinski definition) is 4. The number of nitrogens with zero attached hydrogens (tertiary/aromatic N) is 6. The zero-order valence-electron chi connectivity index (χ0n) is 13.2. The molecular formula is C14H24N8. The SMILES string of the molecule is CCc1nncn1CCNC(=NC)NCCCn1ccnc1. The van der Waals surface area contributed by atoms with Gasteiger partial charge in [0.05, 0.1) is 6.33 Å². The van der Waals surface area contributed by atoms with E-state index >= 15 is 0 Å². The third kappa shape index (κ3) is 4.87. The first-order valence-electron chi connectivity index (χ1n) is 7.60. The van der Waals surface area contributed by atoms with E-state index in [0.29, 0.717) is 0 Å². The Morgan fingerprint density at radius 1 is 1.23 bits per heavy atom. The van der Waals surface area contributed by atoms with Crippen LogP contribution >= 0.6 is 0 Å². The Bertz CT molecular complexity index is 557. The lowest BCUT2D eigenvalue weighted by atomic mass is 10.4. The third-order valence-corrected chi connectivity index (χ3v) is 3.33. The molecule has 8 heteroatoms. The van der Waals surface area contributed by atoms with E-state index in [2.05, 4.69) is 46.9 Å². The molecule has 22 heavy (non-hydrogen) atoms. The van der Waals surface area contributed by atoms with Crippen molar-refractivity contribution in [3.63, 3.8) is 0 Å². The van der Waals surface area contributed by atoms with E-state index in [0.717, 1.165) is 50.8 Å². The van der Waals surface area contributed by atoms with Crippen LogP contribution in [0.25, 0.3) is 0 Å². The minimum absolute atomic E-state index is 0.784. The van der Waals surface area contributed by atoms with E-state index in [4.69, 9.17) is 0 Å². The average molecular weight is 304 g/mol. The summed E-state index contributed by atoms with van der Waals surface area (Å²) in [6, 6.07) is 0. The quantitative estimate of drug-likeness (QED) is 0.416. The van der Waals surface area contributed by atoms with Crippen LogP contribution in [0.4, 0.5) is 0 Å². The average Bonchev–Trinajstić information content (AvgIpc) is 3.20. The Morgan fingerprint density at radius 2 is 2.09 bits per heavy atom. The second-order valence-electron chi connectivity index (χ2n) is 4.87. The molecule has 0 bridgehead atoms. The number of aliphatic imine (C=N–C) groups is 1. The number of aromatic nitrogens is 5. The van der Waals surface area contributed by atoms with Gasteiger partial charge in [-0.25, -0.2) is 4.98 Å². The van der Waals surface area contributed by atoms with Gasteiger partial charge in [-0.3, -0.25) is 4.99 Å². The normalized spacial score (nSPS) is 11.6. The van der Waals surface area contributed by atoms with Gasteiger partial charge in [0.15, 0.2) is 5.96 Å². The van der Waals surface area contributed by atoms with Gasteiger partial charge in [-0.05, 0) is 6.42 Å². The van der Waals surface area contributed by atoms with Crippen LogP contribution in [0.3, 0.4) is 0 Å². The predicted octanol–water partition coefficient (Wildman–Crippen LogP) is 0.292. The van der Waals surface area contributed by atoms with Gasteiger partial charge in [-0.2, -0.15) is 0 Å². The number of imidazole rings is 1. The number of guanidine groups is 1. The van der Waals surface area contributed by atoms with Crippen molar-refractivity contribution in [2.45, 2.75) is 32.9 Å². The molecule has 0 atom stereocenters. The molecule has 2 aromatic heterocycles. The first-order valence-corrected chi connectivity index (χ1v) is 7.60. The second-order valence-corrected chi connectivity index (χ2v) is 4.87. The smallest absolute Gasteiger partial charge is 0.191 e. The fourth-order valence-corrected chi connectivity index (χ4v) is 2.14. The number of hydrogen-bond donors (Lipinski definition) is 2. The van der Waals surface area contributed by atoms with E-state index in [9.17, 15) is 0 Å². The number of nitrogens with one attached hydrogen (secondary N) is 2. The zero-order valence-corrected chi connectivity index (χ0v) is 13.2. The molecule has 0 saturated carbocycles. The highest BCUT2D eigenvalue weighted by atomic mass is 15.3. The summed E-state index contributed by atoms with van der Waals surface area (Å²) in [5, 5.41) is 14.6. The van der Waals surface area contributed by atoms with E-state index < -0.39 is 0 Å². The standard InChI is InChI=1S/C14H24N8/c1-3-13-20-19-12-22(13)10-7-18-14(15-2)17-5-4-8-21-9-6-16-11-21/h6,9,11-12H,3-5,7-8,10H2,1-2H3,(H2,15,17,18). The molecule has 8 nitrogen and oxygen atoms in total. The summed E-state index contributed by atoms with van der Waals surface area (Å²) < 4.78 is 4.12. The molecule has 0 spiro atoms. The molecule has 2 heterocycles. The summed E-state index contributed by atoms with van der Waals surface area (Å²) >= 11 is 0. The largest absolute Gasteiger partial charge is 0.356 e. The lowest BCUT2D eigenvalue weighted by molar-refractivity contribution is 0.611.